The molecule has 0 aromatic heterocycles. The molecule has 0 aromatic rings. The minimum atomic E-state index is -0.949. The summed E-state index contributed by atoms with van der Waals surface area (Å²) in [5.74, 6) is -1.27. The fraction of sp³-hybridized carbons (Fsp3) is 0.667. The average Bonchev–Trinajstić information content (AvgIpc) is 1.97. The highest BCUT2D eigenvalue weighted by atomic mass is 16.4. The number of hydrogen-bond acceptors (Lipinski definition) is 2. The quantitative estimate of drug-likeness (QED) is 0.558. The molecule has 0 rings (SSSR count). The van der Waals surface area contributed by atoms with Gasteiger partial charge in [-0.3, -0.25) is 0 Å². The van der Waals surface area contributed by atoms with Crippen LogP contribution in [0.4, 0.5) is 0 Å². The molecule has 0 spiro atoms. The van der Waals surface area contributed by atoms with Gasteiger partial charge in [-0.15, -0.1) is 0 Å². The van der Waals surface area contributed by atoms with Crippen LogP contribution in [0, 0.1) is 5.92 Å². The standard InChI is InChI=1S/C9H16O2/c1-3-4-5-6-7-8(2)9(10)11/h4-5,8H,3,6-7H2,1-2H3,(H,10,11)/p-1/b5-4+. The molecule has 64 valence electrons. The summed E-state index contributed by atoms with van der Waals surface area (Å²) in [4.78, 5) is 10.2. The van der Waals surface area contributed by atoms with Crippen LogP contribution in [0.2, 0.25) is 0 Å². The Labute approximate surface area is 67.9 Å². The van der Waals surface area contributed by atoms with Crippen molar-refractivity contribution in [1.29, 1.82) is 0 Å². The van der Waals surface area contributed by atoms with E-state index in [9.17, 15) is 9.90 Å². The second kappa shape index (κ2) is 5.96. The molecule has 0 aromatic carbocycles. The highest BCUT2D eigenvalue weighted by molar-refractivity contribution is 5.66. The lowest BCUT2D eigenvalue weighted by Crippen LogP contribution is -2.29. The van der Waals surface area contributed by atoms with E-state index in [2.05, 4.69) is 6.92 Å². The van der Waals surface area contributed by atoms with Gasteiger partial charge in [0.2, 0.25) is 0 Å². The predicted molar refractivity (Wildman–Crippen MR) is 42.8 cm³/mol. The molecule has 2 nitrogen and oxygen atoms in total. The summed E-state index contributed by atoms with van der Waals surface area (Å²) >= 11 is 0. The Bertz CT molecular complexity index is 138. The fourth-order valence-corrected chi connectivity index (χ4v) is 0.749. The summed E-state index contributed by atoms with van der Waals surface area (Å²) in [6.07, 6.45) is 6.59. The van der Waals surface area contributed by atoms with Crippen LogP contribution in [0.15, 0.2) is 12.2 Å². The Kier molecular flexibility index (Phi) is 5.53. The first kappa shape index (κ1) is 10.2. The van der Waals surface area contributed by atoms with Gasteiger partial charge in [0.05, 0.1) is 0 Å². The lowest BCUT2D eigenvalue weighted by Gasteiger charge is -2.09. The number of rotatable bonds is 5. The molecule has 0 fully saturated rings. The average molecular weight is 155 g/mol. The number of hydrogen-bond donors (Lipinski definition) is 0. The molecule has 0 aliphatic heterocycles. The Morgan fingerprint density at radius 2 is 2.18 bits per heavy atom. The Balaban J connectivity index is 3.38. The third kappa shape index (κ3) is 5.64. The van der Waals surface area contributed by atoms with Crippen LogP contribution in [-0.4, -0.2) is 5.97 Å². The topological polar surface area (TPSA) is 40.1 Å². The van der Waals surface area contributed by atoms with E-state index in [1.54, 1.807) is 6.92 Å². The largest absolute Gasteiger partial charge is 0.550 e. The van der Waals surface area contributed by atoms with Crippen LogP contribution in [0.1, 0.15) is 33.1 Å². The molecule has 1 atom stereocenters. The predicted octanol–water partition coefficient (Wildman–Crippen LogP) is 1.12. The van der Waals surface area contributed by atoms with E-state index in [-0.39, 0.29) is 5.92 Å². The summed E-state index contributed by atoms with van der Waals surface area (Å²) < 4.78 is 0. The second-order valence-corrected chi connectivity index (χ2v) is 2.68. The van der Waals surface area contributed by atoms with Gasteiger partial charge in [-0.25, -0.2) is 0 Å². The van der Waals surface area contributed by atoms with Crippen LogP contribution < -0.4 is 5.11 Å². The minimum absolute atomic E-state index is 0.323. The molecule has 0 aliphatic rings. The van der Waals surface area contributed by atoms with Crippen molar-refractivity contribution in [3.8, 4) is 0 Å². The van der Waals surface area contributed by atoms with Crippen molar-refractivity contribution in [2.24, 2.45) is 5.92 Å². The molecule has 0 aliphatic carbocycles. The molecule has 11 heavy (non-hydrogen) atoms. The van der Waals surface area contributed by atoms with Crippen LogP contribution in [0.25, 0.3) is 0 Å². The monoisotopic (exact) mass is 155 g/mol. The number of carboxylic acid groups (broad SMARTS) is 1. The number of carbonyl (C=O) groups is 1. The maximum atomic E-state index is 10.2. The number of allylic oxidation sites excluding steroid dienone is 2. The van der Waals surface area contributed by atoms with Gasteiger partial charge in [0, 0.05) is 5.97 Å². The van der Waals surface area contributed by atoms with Gasteiger partial charge in [-0.2, -0.15) is 0 Å². The number of carbonyl (C=O) groups excluding carboxylic acids is 1. The van der Waals surface area contributed by atoms with Crippen molar-refractivity contribution in [2.45, 2.75) is 33.1 Å². The van der Waals surface area contributed by atoms with Crippen LogP contribution in [-0.2, 0) is 4.79 Å². The third-order valence-electron chi connectivity index (χ3n) is 1.57. The molecule has 0 amide bonds. The molecule has 0 bridgehead atoms. The number of carboxylic acids is 1. The molecule has 0 N–H and O–H groups in total. The summed E-state index contributed by atoms with van der Waals surface area (Å²) in [6.45, 7) is 3.73. The van der Waals surface area contributed by atoms with Gasteiger partial charge in [0.15, 0.2) is 0 Å². The van der Waals surface area contributed by atoms with E-state index in [0.29, 0.717) is 6.42 Å². The summed E-state index contributed by atoms with van der Waals surface area (Å²) in [5, 5.41) is 10.2. The third-order valence-corrected chi connectivity index (χ3v) is 1.57. The maximum absolute atomic E-state index is 10.2. The fourth-order valence-electron chi connectivity index (χ4n) is 0.749. The van der Waals surface area contributed by atoms with Crippen LogP contribution in [0.3, 0.4) is 0 Å². The van der Waals surface area contributed by atoms with E-state index in [1.165, 1.54) is 0 Å². The second-order valence-electron chi connectivity index (χ2n) is 2.68. The van der Waals surface area contributed by atoms with Crippen molar-refractivity contribution >= 4 is 5.97 Å². The Morgan fingerprint density at radius 1 is 1.55 bits per heavy atom. The van der Waals surface area contributed by atoms with Crippen molar-refractivity contribution in [2.75, 3.05) is 0 Å². The van der Waals surface area contributed by atoms with Crippen molar-refractivity contribution < 1.29 is 9.90 Å². The van der Waals surface area contributed by atoms with Gasteiger partial charge in [-0.1, -0.05) is 26.0 Å². The molecule has 1 unspecified atom stereocenters. The molecule has 0 saturated carbocycles. The van der Waals surface area contributed by atoms with E-state index in [1.807, 2.05) is 12.2 Å². The smallest absolute Gasteiger partial charge is 0.0442 e. The van der Waals surface area contributed by atoms with Gasteiger partial charge in [-0.05, 0) is 25.2 Å². The first-order chi connectivity index (χ1) is 5.18. The highest BCUT2D eigenvalue weighted by Crippen LogP contribution is 2.04. The Morgan fingerprint density at radius 3 is 2.64 bits per heavy atom. The summed E-state index contributed by atoms with van der Waals surface area (Å²) in [7, 11) is 0. The Hall–Kier alpha value is -0.790. The van der Waals surface area contributed by atoms with E-state index < -0.39 is 5.97 Å². The first-order valence-corrected chi connectivity index (χ1v) is 4.04. The molecular formula is C9H15O2-. The van der Waals surface area contributed by atoms with Crippen LogP contribution in [0.5, 0.6) is 0 Å². The SMILES string of the molecule is CC/C=C/CCC(C)C(=O)[O-]. The zero-order chi connectivity index (χ0) is 8.69. The molecule has 0 radical (unpaired) electrons. The molecule has 0 heterocycles. The van der Waals surface area contributed by atoms with Crippen molar-refractivity contribution in [3.05, 3.63) is 12.2 Å². The highest BCUT2D eigenvalue weighted by Gasteiger charge is 1.99. The van der Waals surface area contributed by atoms with Gasteiger partial charge >= 0.3 is 0 Å². The molecular weight excluding hydrogens is 140 g/mol. The molecule has 0 saturated heterocycles. The van der Waals surface area contributed by atoms with E-state index >= 15 is 0 Å². The minimum Gasteiger partial charge on any atom is -0.550 e. The van der Waals surface area contributed by atoms with E-state index in [0.717, 1.165) is 12.8 Å². The summed E-state index contributed by atoms with van der Waals surface area (Å²) in [6, 6.07) is 0. The lowest BCUT2D eigenvalue weighted by atomic mass is 10.1. The zero-order valence-electron chi connectivity index (χ0n) is 7.17. The normalized spacial score (nSPS) is 13.6. The molecule has 2 heteroatoms. The number of aliphatic carboxylic acids is 1. The zero-order valence-corrected chi connectivity index (χ0v) is 7.17. The lowest BCUT2D eigenvalue weighted by molar-refractivity contribution is -0.311. The van der Waals surface area contributed by atoms with Crippen molar-refractivity contribution in [1.82, 2.24) is 0 Å². The van der Waals surface area contributed by atoms with Gasteiger partial charge in [0.1, 0.15) is 0 Å². The van der Waals surface area contributed by atoms with Gasteiger partial charge in [0.25, 0.3) is 0 Å². The first-order valence-electron chi connectivity index (χ1n) is 4.04. The van der Waals surface area contributed by atoms with E-state index in [4.69, 9.17) is 0 Å². The van der Waals surface area contributed by atoms with Crippen LogP contribution >= 0.6 is 0 Å². The summed E-state index contributed by atoms with van der Waals surface area (Å²) in [5.41, 5.74) is 0. The maximum Gasteiger partial charge on any atom is 0.0442 e. The van der Waals surface area contributed by atoms with Gasteiger partial charge < -0.3 is 9.90 Å². The van der Waals surface area contributed by atoms with Crippen molar-refractivity contribution in [3.63, 3.8) is 0 Å².